The van der Waals surface area contributed by atoms with Crippen LogP contribution in [0, 0.1) is 11.8 Å². The predicted octanol–water partition coefficient (Wildman–Crippen LogP) is 4.00. The monoisotopic (exact) mass is 154 g/mol. The van der Waals surface area contributed by atoms with Crippen molar-refractivity contribution in [2.24, 2.45) is 11.8 Å². The van der Waals surface area contributed by atoms with Crippen LogP contribution in [0.4, 0.5) is 0 Å². The molecule has 1 rings (SSSR count). The zero-order valence-electron chi connectivity index (χ0n) is 8.10. The first kappa shape index (κ1) is 9.09. The summed E-state index contributed by atoms with van der Waals surface area (Å²) in [5.41, 5.74) is 0. The summed E-state index contributed by atoms with van der Waals surface area (Å²) in [7, 11) is 0. The molecular weight excluding hydrogens is 132 g/mol. The smallest absolute Gasteiger partial charge is 0.0386 e. The molecule has 0 aromatic carbocycles. The van der Waals surface area contributed by atoms with Crippen molar-refractivity contribution in [2.45, 2.75) is 58.8 Å². The highest BCUT2D eigenvalue weighted by atomic mass is 14.3. The fourth-order valence-corrected chi connectivity index (χ4v) is 2.56. The third kappa shape index (κ3) is 2.50. The second-order valence-corrected chi connectivity index (χ2v) is 3.97. The molecule has 0 spiro atoms. The number of hydrogen-bond donors (Lipinski definition) is 0. The fourth-order valence-electron chi connectivity index (χ4n) is 2.56. The molecule has 0 atom stereocenters. The summed E-state index contributed by atoms with van der Waals surface area (Å²) in [6.45, 7) is 4.70. The predicted molar refractivity (Wildman–Crippen MR) is 50.6 cm³/mol. The molecule has 0 N–H and O–H groups in total. The van der Waals surface area contributed by atoms with Crippen LogP contribution >= 0.6 is 0 Å². The van der Waals surface area contributed by atoms with Gasteiger partial charge in [0.2, 0.25) is 0 Å². The molecule has 0 aliphatic heterocycles. The topological polar surface area (TPSA) is 0 Å². The minimum atomic E-state index is 1.04. The second-order valence-electron chi connectivity index (χ2n) is 3.97. The summed E-state index contributed by atoms with van der Waals surface area (Å²) in [6, 6.07) is 0. The van der Waals surface area contributed by atoms with E-state index in [1.165, 1.54) is 44.9 Å². The van der Waals surface area contributed by atoms with Crippen molar-refractivity contribution in [1.82, 2.24) is 0 Å². The van der Waals surface area contributed by atoms with Crippen molar-refractivity contribution in [3.8, 4) is 0 Å². The number of hydrogen-bond acceptors (Lipinski definition) is 0. The van der Waals surface area contributed by atoms with Gasteiger partial charge in [-0.25, -0.2) is 0 Å². The van der Waals surface area contributed by atoms with Crippen LogP contribution in [0.25, 0.3) is 0 Å². The lowest BCUT2D eigenvalue weighted by Crippen LogP contribution is -2.16. The summed E-state index contributed by atoms with van der Waals surface area (Å²) in [5, 5.41) is 0. The van der Waals surface area contributed by atoms with Crippen LogP contribution in [0.1, 0.15) is 58.8 Å². The third-order valence-electron chi connectivity index (χ3n) is 3.37. The van der Waals surface area contributed by atoms with Gasteiger partial charge in [0.1, 0.15) is 0 Å². The minimum absolute atomic E-state index is 1.04. The van der Waals surface area contributed by atoms with Gasteiger partial charge in [-0.05, 0) is 11.8 Å². The second kappa shape index (κ2) is 4.79. The zero-order valence-corrected chi connectivity index (χ0v) is 8.10. The van der Waals surface area contributed by atoms with Crippen LogP contribution in [0.5, 0.6) is 0 Å². The van der Waals surface area contributed by atoms with Crippen molar-refractivity contribution >= 4 is 0 Å². The Morgan fingerprint density at radius 2 is 1.55 bits per heavy atom. The van der Waals surface area contributed by atoms with E-state index in [1.54, 1.807) is 0 Å². The van der Waals surface area contributed by atoms with Crippen LogP contribution < -0.4 is 0 Å². The van der Waals surface area contributed by atoms with Gasteiger partial charge in [0, 0.05) is 0 Å². The zero-order chi connectivity index (χ0) is 8.10. The standard InChI is InChI=1S/C11H22/c1-3-10(4-2)11-8-6-5-7-9-11/h10-11H,3-9H2,1-2H3. The average molecular weight is 154 g/mol. The molecule has 0 heterocycles. The van der Waals surface area contributed by atoms with Gasteiger partial charge in [0.15, 0.2) is 0 Å². The fraction of sp³-hybridized carbons (Fsp3) is 1.00. The van der Waals surface area contributed by atoms with E-state index in [-0.39, 0.29) is 0 Å². The SMILES string of the molecule is CCC(CC)C1CCCCC1. The molecule has 0 bridgehead atoms. The van der Waals surface area contributed by atoms with E-state index in [4.69, 9.17) is 0 Å². The Bertz CT molecular complexity index is 86.2. The first-order chi connectivity index (χ1) is 5.38. The Morgan fingerprint density at radius 1 is 1.00 bits per heavy atom. The molecule has 11 heavy (non-hydrogen) atoms. The van der Waals surface area contributed by atoms with Crippen molar-refractivity contribution in [2.75, 3.05) is 0 Å². The van der Waals surface area contributed by atoms with Crippen molar-refractivity contribution in [1.29, 1.82) is 0 Å². The first-order valence-corrected chi connectivity index (χ1v) is 5.38. The quantitative estimate of drug-likeness (QED) is 0.576. The molecule has 1 saturated carbocycles. The van der Waals surface area contributed by atoms with Gasteiger partial charge in [0.05, 0.1) is 0 Å². The van der Waals surface area contributed by atoms with Gasteiger partial charge in [-0.1, -0.05) is 58.8 Å². The van der Waals surface area contributed by atoms with Crippen LogP contribution in [-0.2, 0) is 0 Å². The highest BCUT2D eigenvalue weighted by Crippen LogP contribution is 2.33. The van der Waals surface area contributed by atoms with Gasteiger partial charge in [-0.15, -0.1) is 0 Å². The molecule has 0 aromatic rings. The maximum atomic E-state index is 2.35. The molecule has 0 aromatic heterocycles. The Morgan fingerprint density at radius 3 is 2.00 bits per heavy atom. The van der Waals surface area contributed by atoms with Gasteiger partial charge in [-0.2, -0.15) is 0 Å². The van der Waals surface area contributed by atoms with Gasteiger partial charge in [0.25, 0.3) is 0 Å². The minimum Gasteiger partial charge on any atom is -0.0651 e. The lowest BCUT2D eigenvalue weighted by Gasteiger charge is -2.28. The normalized spacial score (nSPS) is 21.0. The Kier molecular flexibility index (Phi) is 3.96. The maximum Gasteiger partial charge on any atom is -0.0386 e. The van der Waals surface area contributed by atoms with Gasteiger partial charge in [-0.3, -0.25) is 0 Å². The molecule has 1 aliphatic carbocycles. The van der Waals surface area contributed by atoms with E-state index in [1.807, 2.05) is 0 Å². The molecular formula is C11H22. The molecule has 66 valence electrons. The molecule has 1 fully saturated rings. The van der Waals surface area contributed by atoms with Gasteiger partial charge >= 0.3 is 0 Å². The summed E-state index contributed by atoms with van der Waals surface area (Å²) in [6.07, 6.45) is 10.3. The van der Waals surface area contributed by atoms with E-state index in [9.17, 15) is 0 Å². The Balaban J connectivity index is 2.30. The average Bonchev–Trinajstić information content (AvgIpc) is 2.09. The number of rotatable bonds is 3. The molecule has 0 heteroatoms. The van der Waals surface area contributed by atoms with E-state index < -0.39 is 0 Å². The van der Waals surface area contributed by atoms with Crippen LogP contribution in [0.15, 0.2) is 0 Å². The summed E-state index contributed by atoms with van der Waals surface area (Å²) in [5.74, 6) is 2.12. The van der Waals surface area contributed by atoms with Crippen molar-refractivity contribution in [3.05, 3.63) is 0 Å². The molecule has 0 saturated heterocycles. The van der Waals surface area contributed by atoms with Crippen molar-refractivity contribution < 1.29 is 0 Å². The summed E-state index contributed by atoms with van der Waals surface area (Å²) in [4.78, 5) is 0. The Labute approximate surface area is 71.4 Å². The molecule has 0 unspecified atom stereocenters. The first-order valence-electron chi connectivity index (χ1n) is 5.38. The molecule has 1 aliphatic rings. The van der Waals surface area contributed by atoms with Crippen LogP contribution in [0.3, 0.4) is 0 Å². The lowest BCUT2D eigenvalue weighted by atomic mass is 9.78. The van der Waals surface area contributed by atoms with Gasteiger partial charge < -0.3 is 0 Å². The van der Waals surface area contributed by atoms with Crippen molar-refractivity contribution in [3.63, 3.8) is 0 Å². The summed E-state index contributed by atoms with van der Waals surface area (Å²) >= 11 is 0. The van der Waals surface area contributed by atoms with E-state index >= 15 is 0 Å². The van der Waals surface area contributed by atoms with E-state index in [2.05, 4.69) is 13.8 Å². The highest BCUT2D eigenvalue weighted by molar-refractivity contribution is 4.71. The summed E-state index contributed by atoms with van der Waals surface area (Å²) < 4.78 is 0. The van der Waals surface area contributed by atoms with E-state index in [0.717, 1.165) is 11.8 Å². The molecule has 0 amide bonds. The van der Waals surface area contributed by atoms with Crippen LogP contribution in [0.2, 0.25) is 0 Å². The lowest BCUT2D eigenvalue weighted by molar-refractivity contribution is 0.236. The maximum absolute atomic E-state index is 2.35. The third-order valence-corrected chi connectivity index (χ3v) is 3.37. The largest absolute Gasteiger partial charge is 0.0651 e. The molecule has 0 nitrogen and oxygen atoms in total. The van der Waals surface area contributed by atoms with Crippen LogP contribution in [-0.4, -0.2) is 0 Å². The van der Waals surface area contributed by atoms with E-state index in [0.29, 0.717) is 0 Å². The molecule has 0 radical (unpaired) electrons. The highest BCUT2D eigenvalue weighted by Gasteiger charge is 2.20. The Hall–Kier alpha value is 0.